The highest BCUT2D eigenvalue weighted by atomic mass is 16.6. The Bertz CT molecular complexity index is 867. The van der Waals surface area contributed by atoms with E-state index in [0.717, 1.165) is 43.9 Å². The van der Waals surface area contributed by atoms with Crippen LogP contribution in [0.3, 0.4) is 0 Å². The molecular formula is C19H20N4O4. The quantitative estimate of drug-likeness (QED) is 0.452. The molecule has 1 aliphatic rings. The Morgan fingerprint density at radius 3 is 2.44 bits per heavy atom. The first kappa shape index (κ1) is 18.5. The van der Waals surface area contributed by atoms with E-state index in [1.54, 1.807) is 0 Å². The van der Waals surface area contributed by atoms with Gasteiger partial charge in [0.05, 0.1) is 15.9 Å². The summed E-state index contributed by atoms with van der Waals surface area (Å²) < 4.78 is 0. The average molecular weight is 368 g/mol. The first-order chi connectivity index (χ1) is 13.1. The van der Waals surface area contributed by atoms with E-state index in [9.17, 15) is 20.2 Å². The van der Waals surface area contributed by atoms with Crippen LogP contribution in [0.15, 0.2) is 53.6 Å². The molecule has 3 rings (SSSR count). The number of hydrogen-bond donors (Lipinski definition) is 1. The van der Waals surface area contributed by atoms with Crippen molar-refractivity contribution in [2.24, 2.45) is 5.10 Å². The van der Waals surface area contributed by atoms with E-state index in [-0.39, 0.29) is 23.0 Å². The van der Waals surface area contributed by atoms with Crippen LogP contribution >= 0.6 is 0 Å². The normalized spacial score (nSPS) is 18.7. The van der Waals surface area contributed by atoms with E-state index in [1.807, 2.05) is 18.2 Å². The standard InChI is InChI=1S/C19H20N4O4/c24-22(25)15-11-12-18(19(13-15)23(26)27)21-20-17-10-6-2-5-9-16(17)14-7-3-1-4-8-14/h1,3-4,7-8,11-13,16,21H,2,5-6,9-10H2/b20-17+. The third-order valence-corrected chi connectivity index (χ3v) is 4.74. The molecular weight excluding hydrogens is 348 g/mol. The van der Waals surface area contributed by atoms with Gasteiger partial charge in [-0.05, 0) is 30.9 Å². The second-order valence-corrected chi connectivity index (χ2v) is 6.49. The average Bonchev–Trinajstić information content (AvgIpc) is 2.92. The van der Waals surface area contributed by atoms with Crippen molar-refractivity contribution in [1.29, 1.82) is 0 Å². The van der Waals surface area contributed by atoms with E-state index in [2.05, 4.69) is 22.7 Å². The summed E-state index contributed by atoms with van der Waals surface area (Å²) in [5.74, 6) is 0.165. The number of benzene rings is 2. The molecule has 1 atom stereocenters. The van der Waals surface area contributed by atoms with Gasteiger partial charge in [-0.3, -0.25) is 25.7 Å². The van der Waals surface area contributed by atoms with Gasteiger partial charge >= 0.3 is 5.69 Å². The van der Waals surface area contributed by atoms with Crippen LogP contribution in [0, 0.1) is 20.2 Å². The number of hydrogen-bond acceptors (Lipinski definition) is 6. The van der Waals surface area contributed by atoms with Gasteiger partial charge in [-0.15, -0.1) is 0 Å². The number of nitrogens with zero attached hydrogens (tertiary/aromatic N) is 3. The highest BCUT2D eigenvalue weighted by Gasteiger charge is 2.23. The van der Waals surface area contributed by atoms with Crippen molar-refractivity contribution in [3.8, 4) is 0 Å². The fourth-order valence-electron chi connectivity index (χ4n) is 3.36. The van der Waals surface area contributed by atoms with Gasteiger partial charge in [-0.25, -0.2) is 0 Å². The molecule has 0 spiro atoms. The molecule has 1 unspecified atom stereocenters. The second-order valence-electron chi connectivity index (χ2n) is 6.49. The van der Waals surface area contributed by atoms with Gasteiger partial charge in [0, 0.05) is 17.7 Å². The first-order valence-electron chi connectivity index (χ1n) is 8.86. The zero-order valence-corrected chi connectivity index (χ0v) is 14.7. The lowest BCUT2D eigenvalue weighted by atomic mass is 9.90. The van der Waals surface area contributed by atoms with Gasteiger partial charge in [-0.1, -0.05) is 43.2 Å². The number of nitrogens with one attached hydrogen (secondary N) is 1. The number of nitro groups is 2. The van der Waals surface area contributed by atoms with Crippen LogP contribution in [-0.2, 0) is 0 Å². The molecule has 1 saturated carbocycles. The Kier molecular flexibility index (Phi) is 5.75. The van der Waals surface area contributed by atoms with Crippen LogP contribution in [0.25, 0.3) is 0 Å². The molecule has 1 N–H and O–H groups in total. The van der Waals surface area contributed by atoms with Gasteiger partial charge in [0.25, 0.3) is 5.69 Å². The molecule has 1 fully saturated rings. The Balaban J connectivity index is 1.90. The van der Waals surface area contributed by atoms with E-state index in [0.29, 0.717) is 0 Å². The number of hydrazone groups is 1. The van der Waals surface area contributed by atoms with Crippen LogP contribution in [0.1, 0.15) is 43.6 Å². The number of nitro benzene ring substituents is 2. The van der Waals surface area contributed by atoms with Crippen LogP contribution in [0.2, 0.25) is 0 Å². The predicted octanol–water partition coefficient (Wildman–Crippen LogP) is 5.02. The third kappa shape index (κ3) is 4.46. The van der Waals surface area contributed by atoms with E-state index >= 15 is 0 Å². The molecule has 0 amide bonds. The minimum absolute atomic E-state index is 0.147. The largest absolute Gasteiger partial charge is 0.301 e. The molecule has 27 heavy (non-hydrogen) atoms. The summed E-state index contributed by atoms with van der Waals surface area (Å²) in [5.41, 5.74) is 4.37. The molecule has 8 heteroatoms. The summed E-state index contributed by atoms with van der Waals surface area (Å²) >= 11 is 0. The van der Waals surface area contributed by atoms with Crippen molar-refractivity contribution in [2.75, 3.05) is 5.43 Å². The Morgan fingerprint density at radius 2 is 1.74 bits per heavy atom. The highest BCUT2D eigenvalue weighted by molar-refractivity contribution is 5.92. The van der Waals surface area contributed by atoms with Crippen LogP contribution in [0.4, 0.5) is 17.1 Å². The summed E-state index contributed by atoms with van der Waals surface area (Å²) in [5, 5.41) is 26.6. The molecule has 0 radical (unpaired) electrons. The maximum absolute atomic E-state index is 11.3. The maximum Gasteiger partial charge on any atom is 0.301 e. The van der Waals surface area contributed by atoms with Crippen LogP contribution < -0.4 is 5.43 Å². The van der Waals surface area contributed by atoms with E-state index < -0.39 is 9.85 Å². The summed E-state index contributed by atoms with van der Waals surface area (Å²) in [4.78, 5) is 20.9. The van der Waals surface area contributed by atoms with Gasteiger partial charge in [0.2, 0.25) is 0 Å². The third-order valence-electron chi connectivity index (χ3n) is 4.74. The van der Waals surface area contributed by atoms with Crippen molar-refractivity contribution < 1.29 is 9.85 Å². The molecule has 0 saturated heterocycles. The lowest BCUT2D eigenvalue weighted by Crippen LogP contribution is -2.13. The van der Waals surface area contributed by atoms with E-state index in [1.165, 1.54) is 17.7 Å². The summed E-state index contributed by atoms with van der Waals surface area (Å²) in [6.07, 6.45) is 5.04. The molecule has 2 aromatic rings. The van der Waals surface area contributed by atoms with Gasteiger partial charge in [0.15, 0.2) is 0 Å². The van der Waals surface area contributed by atoms with Crippen molar-refractivity contribution in [2.45, 2.75) is 38.0 Å². The topological polar surface area (TPSA) is 111 Å². The SMILES string of the molecule is O=[N+]([O-])c1ccc(N/N=C2\CCCCCC2c2ccccc2)c([N+](=O)[O-])c1. The maximum atomic E-state index is 11.3. The molecule has 1 aliphatic carbocycles. The summed E-state index contributed by atoms with van der Waals surface area (Å²) in [6.45, 7) is 0. The molecule has 2 aromatic carbocycles. The monoisotopic (exact) mass is 368 g/mol. The second kappa shape index (κ2) is 8.39. The smallest absolute Gasteiger partial charge is 0.272 e. The van der Waals surface area contributed by atoms with E-state index in [4.69, 9.17) is 0 Å². The molecule has 8 nitrogen and oxygen atoms in total. The number of non-ortho nitro benzene ring substituents is 1. The predicted molar refractivity (Wildman–Crippen MR) is 103 cm³/mol. The molecule has 140 valence electrons. The fourth-order valence-corrected chi connectivity index (χ4v) is 3.36. The highest BCUT2D eigenvalue weighted by Crippen LogP contribution is 2.32. The van der Waals surface area contributed by atoms with Gasteiger partial charge < -0.3 is 0 Å². The lowest BCUT2D eigenvalue weighted by Gasteiger charge is -2.17. The van der Waals surface area contributed by atoms with Gasteiger partial charge in [0.1, 0.15) is 5.69 Å². The zero-order valence-electron chi connectivity index (χ0n) is 14.7. The van der Waals surface area contributed by atoms with Crippen molar-refractivity contribution in [1.82, 2.24) is 0 Å². The minimum atomic E-state index is -0.653. The summed E-state index contributed by atoms with van der Waals surface area (Å²) in [6, 6.07) is 13.6. The van der Waals surface area contributed by atoms with Crippen molar-refractivity contribution >= 4 is 22.8 Å². The number of rotatable bonds is 5. The minimum Gasteiger partial charge on any atom is -0.272 e. The Labute approximate surface area is 156 Å². The van der Waals surface area contributed by atoms with Crippen molar-refractivity contribution in [3.63, 3.8) is 0 Å². The molecule has 0 aliphatic heterocycles. The number of anilines is 1. The first-order valence-corrected chi connectivity index (χ1v) is 8.86. The van der Waals surface area contributed by atoms with Crippen molar-refractivity contribution in [3.05, 3.63) is 74.3 Å². The Hall–Kier alpha value is -3.29. The van der Waals surface area contributed by atoms with Gasteiger partial charge in [-0.2, -0.15) is 5.10 Å². The molecule has 0 aromatic heterocycles. The zero-order chi connectivity index (χ0) is 19.2. The van der Waals surface area contributed by atoms with Crippen LogP contribution in [-0.4, -0.2) is 15.6 Å². The van der Waals surface area contributed by atoms with Crippen LogP contribution in [0.5, 0.6) is 0 Å². The Morgan fingerprint density at radius 1 is 0.963 bits per heavy atom. The summed E-state index contributed by atoms with van der Waals surface area (Å²) in [7, 11) is 0. The molecule has 0 heterocycles. The molecule has 0 bridgehead atoms. The fraction of sp³-hybridized carbons (Fsp3) is 0.316. The lowest BCUT2D eigenvalue weighted by molar-refractivity contribution is -0.393.